The van der Waals surface area contributed by atoms with E-state index in [4.69, 9.17) is 4.74 Å². The molecule has 1 aromatic carbocycles. The molecule has 0 aliphatic carbocycles. The Kier molecular flexibility index (Phi) is 2.11. The van der Waals surface area contributed by atoms with E-state index in [0.29, 0.717) is 6.42 Å². The van der Waals surface area contributed by atoms with Gasteiger partial charge in [-0.15, -0.1) is 0 Å². The van der Waals surface area contributed by atoms with Crippen molar-refractivity contribution in [1.82, 2.24) is 4.57 Å². The van der Waals surface area contributed by atoms with Gasteiger partial charge in [-0.1, -0.05) is 0 Å². The van der Waals surface area contributed by atoms with Crippen molar-refractivity contribution in [2.24, 2.45) is 0 Å². The van der Waals surface area contributed by atoms with E-state index in [9.17, 15) is 9.90 Å². The molecule has 0 saturated heterocycles. The highest BCUT2D eigenvalue weighted by atomic mass is 16.5. The van der Waals surface area contributed by atoms with E-state index < -0.39 is 12.0 Å². The molecule has 4 heteroatoms. The van der Waals surface area contributed by atoms with E-state index in [-0.39, 0.29) is 0 Å². The quantitative estimate of drug-likeness (QED) is 0.862. The average Bonchev–Trinajstić information content (AvgIpc) is 2.86. The molecule has 2 heterocycles. The number of methoxy groups -OCH3 is 1. The highest BCUT2D eigenvalue weighted by Gasteiger charge is 2.29. The molecular weight excluding hydrogens is 218 g/mol. The molecule has 0 fully saturated rings. The second-order valence-electron chi connectivity index (χ2n) is 4.32. The molecule has 0 bridgehead atoms. The van der Waals surface area contributed by atoms with E-state index in [0.717, 1.165) is 28.8 Å². The monoisotopic (exact) mass is 231 g/mol. The number of aryl methyl sites for hydroxylation is 1. The summed E-state index contributed by atoms with van der Waals surface area (Å²) in [5, 5.41) is 10.3. The van der Waals surface area contributed by atoms with Crippen molar-refractivity contribution < 1.29 is 14.6 Å². The van der Waals surface area contributed by atoms with Gasteiger partial charge >= 0.3 is 5.97 Å². The second-order valence-corrected chi connectivity index (χ2v) is 4.32. The van der Waals surface area contributed by atoms with Gasteiger partial charge in [-0.2, -0.15) is 0 Å². The molecule has 3 rings (SSSR count). The maximum Gasteiger partial charge on any atom is 0.326 e. The molecular formula is C13H13NO3. The van der Waals surface area contributed by atoms with Crippen molar-refractivity contribution in [2.75, 3.05) is 7.11 Å². The summed E-state index contributed by atoms with van der Waals surface area (Å²) in [7, 11) is 1.61. The van der Waals surface area contributed by atoms with E-state index in [1.807, 2.05) is 22.8 Å². The Bertz CT molecular complexity index is 600. The number of carboxylic acid groups (broad SMARTS) is 1. The number of hydrogen-bond donors (Lipinski definition) is 1. The van der Waals surface area contributed by atoms with Crippen molar-refractivity contribution in [3.8, 4) is 5.75 Å². The van der Waals surface area contributed by atoms with Gasteiger partial charge in [0, 0.05) is 17.1 Å². The maximum atomic E-state index is 11.2. The third-order valence-corrected chi connectivity index (χ3v) is 3.40. The first-order valence-electron chi connectivity index (χ1n) is 5.61. The number of benzene rings is 1. The van der Waals surface area contributed by atoms with E-state index in [1.165, 1.54) is 0 Å². The number of hydrogen-bond acceptors (Lipinski definition) is 2. The maximum absolute atomic E-state index is 11.2. The minimum atomic E-state index is -0.760. The lowest BCUT2D eigenvalue weighted by Gasteiger charge is -2.10. The molecule has 0 amide bonds. The molecule has 1 aromatic heterocycles. The summed E-state index contributed by atoms with van der Waals surface area (Å²) in [4.78, 5) is 11.2. The fourth-order valence-corrected chi connectivity index (χ4v) is 2.59. The number of nitrogens with zero attached hydrogens (tertiary/aromatic N) is 1. The number of fused-ring (bicyclic) bond motifs is 3. The molecule has 1 aliphatic rings. The Morgan fingerprint density at radius 2 is 2.29 bits per heavy atom. The van der Waals surface area contributed by atoms with Crippen molar-refractivity contribution in [3.05, 3.63) is 30.0 Å². The topological polar surface area (TPSA) is 51.5 Å². The Morgan fingerprint density at radius 3 is 3.00 bits per heavy atom. The fourth-order valence-electron chi connectivity index (χ4n) is 2.59. The summed E-state index contributed by atoms with van der Waals surface area (Å²) < 4.78 is 7.10. The van der Waals surface area contributed by atoms with Crippen LogP contribution in [0.3, 0.4) is 0 Å². The SMILES string of the molecule is COc1ccc2cc3n(c2c1)C(C(=O)O)CC3. The molecule has 1 unspecified atom stereocenters. The summed E-state index contributed by atoms with van der Waals surface area (Å²) in [6.45, 7) is 0. The number of carboxylic acids is 1. The number of rotatable bonds is 2. The van der Waals surface area contributed by atoms with Crippen molar-refractivity contribution in [2.45, 2.75) is 18.9 Å². The van der Waals surface area contributed by atoms with Crippen molar-refractivity contribution in [1.29, 1.82) is 0 Å². The summed E-state index contributed by atoms with van der Waals surface area (Å²) in [6, 6.07) is 7.40. The van der Waals surface area contributed by atoms with Crippen LogP contribution in [0.15, 0.2) is 24.3 Å². The molecule has 0 radical (unpaired) electrons. The van der Waals surface area contributed by atoms with Crippen LogP contribution in [-0.4, -0.2) is 22.8 Å². The zero-order valence-electron chi connectivity index (χ0n) is 9.51. The fraction of sp³-hybridized carbons (Fsp3) is 0.308. The molecule has 0 spiro atoms. The van der Waals surface area contributed by atoms with Gasteiger partial charge in [0.1, 0.15) is 11.8 Å². The van der Waals surface area contributed by atoms with Crippen LogP contribution < -0.4 is 4.74 Å². The van der Waals surface area contributed by atoms with Gasteiger partial charge in [-0.25, -0.2) is 4.79 Å². The first-order valence-corrected chi connectivity index (χ1v) is 5.61. The van der Waals surface area contributed by atoms with Crippen molar-refractivity contribution >= 4 is 16.9 Å². The lowest BCUT2D eigenvalue weighted by Crippen LogP contribution is -2.14. The Labute approximate surface area is 98.4 Å². The van der Waals surface area contributed by atoms with Crippen LogP contribution in [0, 0.1) is 0 Å². The largest absolute Gasteiger partial charge is 0.497 e. The van der Waals surface area contributed by atoms with Gasteiger partial charge < -0.3 is 14.4 Å². The van der Waals surface area contributed by atoms with Crippen LogP contribution in [0.4, 0.5) is 0 Å². The molecule has 4 nitrogen and oxygen atoms in total. The van der Waals surface area contributed by atoms with Crippen LogP contribution >= 0.6 is 0 Å². The number of ether oxygens (including phenoxy) is 1. The minimum absolute atomic E-state index is 0.436. The highest BCUT2D eigenvalue weighted by Crippen LogP contribution is 2.34. The third kappa shape index (κ3) is 1.40. The van der Waals surface area contributed by atoms with E-state index >= 15 is 0 Å². The smallest absolute Gasteiger partial charge is 0.326 e. The van der Waals surface area contributed by atoms with Crippen LogP contribution in [0.1, 0.15) is 18.2 Å². The van der Waals surface area contributed by atoms with Gasteiger partial charge in [0.15, 0.2) is 0 Å². The van der Waals surface area contributed by atoms with Gasteiger partial charge in [0.05, 0.1) is 12.6 Å². The first-order chi connectivity index (χ1) is 8.20. The van der Waals surface area contributed by atoms with Crippen molar-refractivity contribution in [3.63, 3.8) is 0 Å². The lowest BCUT2D eigenvalue weighted by atomic mass is 10.1. The van der Waals surface area contributed by atoms with Crippen LogP contribution in [0.25, 0.3) is 10.9 Å². The normalized spacial score (nSPS) is 18.3. The predicted molar refractivity (Wildman–Crippen MR) is 63.5 cm³/mol. The second kappa shape index (κ2) is 3.52. The average molecular weight is 231 g/mol. The summed E-state index contributed by atoms with van der Waals surface area (Å²) in [5.41, 5.74) is 2.05. The molecule has 1 aliphatic heterocycles. The minimum Gasteiger partial charge on any atom is -0.497 e. The molecule has 1 atom stereocenters. The number of aliphatic carboxylic acids is 1. The Balaban J connectivity index is 2.24. The Morgan fingerprint density at radius 1 is 1.47 bits per heavy atom. The first kappa shape index (κ1) is 10.2. The standard InChI is InChI=1S/C13H13NO3/c1-17-10-4-2-8-6-9-3-5-11(13(15)16)14(9)12(8)7-10/h2,4,6-7,11H,3,5H2,1H3,(H,15,16). The zero-order valence-corrected chi connectivity index (χ0v) is 9.51. The lowest BCUT2D eigenvalue weighted by molar-refractivity contribution is -0.140. The summed E-state index contributed by atoms with van der Waals surface area (Å²) >= 11 is 0. The zero-order chi connectivity index (χ0) is 12.0. The predicted octanol–water partition coefficient (Wildman–Crippen LogP) is 2.22. The highest BCUT2D eigenvalue weighted by molar-refractivity contribution is 5.86. The van der Waals surface area contributed by atoms with Crippen LogP contribution in [0.2, 0.25) is 0 Å². The third-order valence-electron chi connectivity index (χ3n) is 3.40. The molecule has 0 saturated carbocycles. The summed E-state index contributed by atoms with van der Waals surface area (Å²) in [5.74, 6) is -0.00138. The Hall–Kier alpha value is -1.97. The van der Waals surface area contributed by atoms with E-state index in [1.54, 1.807) is 7.11 Å². The molecule has 88 valence electrons. The van der Waals surface area contributed by atoms with Crippen LogP contribution in [0.5, 0.6) is 5.75 Å². The van der Waals surface area contributed by atoms with Crippen LogP contribution in [-0.2, 0) is 11.2 Å². The van der Waals surface area contributed by atoms with Gasteiger partial charge in [0.25, 0.3) is 0 Å². The number of aromatic nitrogens is 1. The molecule has 2 aromatic rings. The van der Waals surface area contributed by atoms with Gasteiger partial charge in [-0.3, -0.25) is 0 Å². The van der Waals surface area contributed by atoms with Gasteiger partial charge in [-0.05, 0) is 31.0 Å². The van der Waals surface area contributed by atoms with Gasteiger partial charge in [0.2, 0.25) is 0 Å². The molecule has 1 N–H and O–H groups in total. The van der Waals surface area contributed by atoms with E-state index in [2.05, 4.69) is 6.07 Å². The number of carbonyl (C=O) groups is 1. The molecule has 17 heavy (non-hydrogen) atoms. The summed E-state index contributed by atoms with van der Waals surface area (Å²) in [6.07, 6.45) is 1.51.